The Bertz CT molecular complexity index is 542. The average molecular weight is 284 g/mol. The average Bonchev–Trinajstić information content (AvgIpc) is 3.02. The first kappa shape index (κ1) is 13.2. The summed E-state index contributed by atoms with van der Waals surface area (Å²) < 4.78 is 0. The summed E-state index contributed by atoms with van der Waals surface area (Å²) in [5.41, 5.74) is 2.36. The van der Waals surface area contributed by atoms with Gasteiger partial charge in [0, 0.05) is 24.8 Å². The van der Waals surface area contributed by atoms with Crippen LogP contribution in [0.15, 0.2) is 24.3 Å². The lowest BCUT2D eigenvalue weighted by molar-refractivity contribution is -0.137. The molecule has 1 amide bonds. The molecular formula is C18H24N2O. The number of benzene rings is 1. The van der Waals surface area contributed by atoms with Crippen LogP contribution in [0.1, 0.15) is 50.0 Å². The molecule has 0 spiro atoms. The zero-order valence-electron chi connectivity index (χ0n) is 12.6. The molecule has 1 aliphatic carbocycles. The van der Waals surface area contributed by atoms with E-state index >= 15 is 0 Å². The molecule has 0 bridgehead atoms. The number of amides is 1. The largest absolute Gasteiger partial charge is 0.385 e. The first-order valence-electron chi connectivity index (χ1n) is 8.48. The molecule has 3 heteroatoms. The fourth-order valence-corrected chi connectivity index (χ4v) is 4.65. The van der Waals surface area contributed by atoms with Crippen LogP contribution in [0.4, 0.5) is 5.69 Å². The molecule has 3 atom stereocenters. The molecule has 1 saturated heterocycles. The molecule has 112 valence electrons. The number of nitrogens with one attached hydrogen (secondary N) is 1. The Morgan fingerprint density at radius 2 is 1.95 bits per heavy atom. The van der Waals surface area contributed by atoms with Crippen LogP contribution in [0.2, 0.25) is 0 Å². The number of hydrogen-bond acceptors (Lipinski definition) is 2. The summed E-state index contributed by atoms with van der Waals surface area (Å²) in [5.74, 6) is 1.24. The molecule has 2 aliphatic heterocycles. The van der Waals surface area contributed by atoms with E-state index in [9.17, 15) is 4.79 Å². The summed E-state index contributed by atoms with van der Waals surface area (Å²) in [7, 11) is 0. The molecule has 0 radical (unpaired) electrons. The monoisotopic (exact) mass is 284 g/mol. The minimum atomic E-state index is 0.0711. The van der Waals surface area contributed by atoms with Crippen LogP contribution in [0.3, 0.4) is 0 Å². The van der Waals surface area contributed by atoms with Gasteiger partial charge >= 0.3 is 0 Å². The van der Waals surface area contributed by atoms with Crippen LogP contribution in [-0.4, -0.2) is 29.9 Å². The van der Waals surface area contributed by atoms with Crippen LogP contribution >= 0.6 is 0 Å². The van der Waals surface area contributed by atoms with Crippen LogP contribution < -0.4 is 5.32 Å². The van der Waals surface area contributed by atoms with Gasteiger partial charge in [-0.05, 0) is 49.7 Å². The summed E-state index contributed by atoms with van der Waals surface area (Å²) in [6.45, 7) is 1.89. The van der Waals surface area contributed by atoms with Gasteiger partial charge in [0.15, 0.2) is 0 Å². The van der Waals surface area contributed by atoms with E-state index in [-0.39, 0.29) is 5.92 Å². The van der Waals surface area contributed by atoms with Gasteiger partial charge in [0.25, 0.3) is 0 Å². The Hall–Kier alpha value is -1.51. The number of likely N-dealkylation sites (tertiary alicyclic amines) is 1. The molecule has 2 heterocycles. The standard InChI is InChI=1S/C18H24N2O/c21-18(20-12-4-6-13-5-3-9-17(13)20)15-10-11-19-16-8-2-1-7-14(15)16/h1-2,7-8,13,15,17,19H,3-6,9-12H2. The lowest BCUT2D eigenvalue weighted by Crippen LogP contribution is -2.48. The Labute approximate surface area is 126 Å². The number of rotatable bonds is 1. The molecule has 4 rings (SSSR count). The zero-order valence-corrected chi connectivity index (χ0v) is 12.6. The quantitative estimate of drug-likeness (QED) is 0.857. The molecular weight excluding hydrogens is 260 g/mol. The van der Waals surface area contributed by atoms with Crippen molar-refractivity contribution in [3.63, 3.8) is 0 Å². The van der Waals surface area contributed by atoms with Gasteiger partial charge in [-0.25, -0.2) is 0 Å². The molecule has 1 aromatic carbocycles. The zero-order chi connectivity index (χ0) is 14.2. The summed E-state index contributed by atoms with van der Waals surface area (Å²) in [5, 5.41) is 3.43. The molecule has 0 aromatic heterocycles. The van der Waals surface area contributed by atoms with Crippen molar-refractivity contribution in [2.45, 2.75) is 50.5 Å². The highest BCUT2D eigenvalue weighted by Gasteiger charge is 2.40. The maximum absolute atomic E-state index is 13.2. The Morgan fingerprint density at radius 1 is 1.10 bits per heavy atom. The van der Waals surface area contributed by atoms with E-state index in [1.165, 1.54) is 37.7 Å². The lowest BCUT2D eigenvalue weighted by atomic mass is 9.86. The number of anilines is 1. The number of para-hydroxylation sites is 1. The minimum Gasteiger partial charge on any atom is -0.385 e. The summed E-state index contributed by atoms with van der Waals surface area (Å²) in [6.07, 6.45) is 7.32. The Morgan fingerprint density at radius 3 is 2.90 bits per heavy atom. The number of piperidine rings is 1. The summed E-state index contributed by atoms with van der Waals surface area (Å²) in [4.78, 5) is 15.4. The van der Waals surface area contributed by atoms with E-state index in [1.807, 2.05) is 6.07 Å². The Kier molecular flexibility index (Phi) is 3.36. The lowest BCUT2D eigenvalue weighted by Gasteiger charge is -2.40. The van der Waals surface area contributed by atoms with Gasteiger partial charge in [0.2, 0.25) is 5.91 Å². The van der Waals surface area contributed by atoms with Gasteiger partial charge in [-0.15, -0.1) is 0 Å². The van der Waals surface area contributed by atoms with Crippen molar-refractivity contribution in [1.82, 2.24) is 4.90 Å². The number of carbonyl (C=O) groups excluding carboxylic acids is 1. The van der Waals surface area contributed by atoms with Crippen molar-refractivity contribution in [2.24, 2.45) is 5.92 Å². The highest BCUT2D eigenvalue weighted by molar-refractivity contribution is 5.86. The van der Waals surface area contributed by atoms with Crippen LogP contribution in [-0.2, 0) is 4.79 Å². The third-order valence-electron chi connectivity index (χ3n) is 5.66. The Balaban J connectivity index is 1.60. The van der Waals surface area contributed by atoms with E-state index in [0.29, 0.717) is 11.9 Å². The fourth-order valence-electron chi connectivity index (χ4n) is 4.65. The van der Waals surface area contributed by atoms with Crippen molar-refractivity contribution in [2.75, 3.05) is 18.4 Å². The first-order valence-corrected chi connectivity index (χ1v) is 8.48. The summed E-state index contributed by atoms with van der Waals surface area (Å²) in [6, 6.07) is 8.87. The smallest absolute Gasteiger partial charge is 0.230 e. The third kappa shape index (κ3) is 2.23. The molecule has 3 nitrogen and oxygen atoms in total. The van der Waals surface area contributed by atoms with Gasteiger partial charge in [-0.1, -0.05) is 24.6 Å². The normalized spacial score (nSPS) is 31.2. The van der Waals surface area contributed by atoms with E-state index in [0.717, 1.165) is 31.1 Å². The van der Waals surface area contributed by atoms with Gasteiger partial charge < -0.3 is 10.2 Å². The number of hydrogen-bond donors (Lipinski definition) is 1. The second-order valence-corrected chi connectivity index (χ2v) is 6.79. The molecule has 21 heavy (non-hydrogen) atoms. The van der Waals surface area contributed by atoms with Crippen molar-refractivity contribution in [3.05, 3.63) is 29.8 Å². The molecule has 1 saturated carbocycles. The SMILES string of the molecule is O=C(C1CCNc2ccccc21)N1CCCC2CCCC21. The van der Waals surface area contributed by atoms with E-state index in [4.69, 9.17) is 0 Å². The predicted molar refractivity (Wildman–Crippen MR) is 84.4 cm³/mol. The molecule has 1 aromatic rings. The van der Waals surface area contributed by atoms with Crippen molar-refractivity contribution >= 4 is 11.6 Å². The predicted octanol–water partition coefficient (Wildman–Crippen LogP) is 3.38. The van der Waals surface area contributed by atoms with Crippen LogP contribution in [0.25, 0.3) is 0 Å². The first-order chi connectivity index (χ1) is 10.3. The van der Waals surface area contributed by atoms with E-state index < -0.39 is 0 Å². The second kappa shape index (κ2) is 5.36. The van der Waals surface area contributed by atoms with Crippen molar-refractivity contribution < 1.29 is 4.79 Å². The number of carbonyl (C=O) groups is 1. The van der Waals surface area contributed by atoms with Gasteiger partial charge in [-0.3, -0.25) is 4.79 Å². The molecule has 3 unspecified atom stereocenters. The maximum atomic E-state index is 13.2. The number of fused-ring (bicyclic) bond motifs is 2. The van der Waals surface area contributed by atoms with Gasteiger partial charge in [-0.2, -0.15) is 0 Å². The topological polar surface area (TPSA) is 32.3 Å². The number of nitrogens with zero attached hydrogens (tertiary/aromatic N) is 1. The van der Waals surface area contributed by atoms with E-state index in [1.54, 1.807) is 0 Å². The van der Waals surface area contributed by atoms with Gasteiger partial charge in [0.05, 0.1) is 5.92 Å². The van der Waals surface area contributed by atoms with Crippen molar-refractivity contribution in [1.29, 1.82) is 0 Å². The van der Waals surface area contributed by atoms with Crippen LogP contribution in [0, 0.1) is 5.92 Å². The second-order valence-electron chi connectivity index (χ2n) is 6.79. The maximum Gasteiger partial charge on any atom is 0.230 e. The third-order valence-corrected chi connectivity index (χ3v) is 5.66. The molecule has 2 fully saturated rings. The van der Waals surface area contributed by atoms with Gasteiger partial charge in [0.1, 0.15) is 0 Å². The highest BCUT2D eigenvalue weighted by atomic mass is 16.2. The summed E-state index contributed by atoms with van der Waals surface area (Å²) >= 11 is 0. The molecule has 3 aliphatic rings. The van der Waals surface area contributed by atoms with Crippen molar-refractivity contribution in [3.8, 4) is 0 Å². The highest BCUT2D eigenvalue weighted by Crippen LogP contribution is 2.40. The minimum absolute atomic E-state index is 0.0711. The molecule has 1 N–H and O–H groups in total. The van der Waals surface area contributed by atoms with Crippen LogP contribution in [0.5, 0.6) is 0 Å². The van der Waals surface area contributed by atoms with E-state index in [2.05, 4.69) is 28.4 Å². The fraction of sp³-hybridized carbons (Fsp3) is 0.611.